The number of hydrogen-bond donors (Lipinski definition) is 1. The largest absolute Gasteiger partial charge is 0.349 e. The first-order chi connectivity index (χ1) is 7.66. The summed E-state index contributed by atoms with van der Waals surface area (Å²) >= 11 is 12.5. The molecule has 0 fully saturated rings. The molecule has 0 aliphatic carbocycles. The van der Waals surface area contributed by atoms with Crippen molar-refractivity contribution in [1.82, 2.24) is 9.97 Å². The number of aromatic amines is 1. The van der Waals surface area contributed by atoms with E-state index in [1.54, 1.807) is 12.4 Å². The van der Waals surface area contributed by atoms with Gasteiger partial charge < -0.3 is 4.98 Å². The minimum Gasteiger partial charge on any atom is -0.349 e. The molecular weight excluding hydrogens is 243 g/mol. The maximum atomic E-state index is 6.31. The van der Waals surface area contributed by atoms with Crippen LogP contribution in [0.1, 0.15) is 22.3 Å². The molecule has 2 aromatic rings. The van der Waals surface area contributed by atoms with Crippen molar-refractivity contribution >= 4 is 23.2 Å². The Balaban J connectivity index is 2.17. The van der Waals surface area contributed by atoms with E-state index in [0.717, 1.165) is 17.0 Å². The predicted molar refractivity (Wildman–Crippen MR) is 67.1 cm³/mol. The van der Waals surface area contributed by atoms with Gasteiger partial charge >= 0.3 is 0 Å². The number of aryl methyl sites for hydroxylation is 1. The first kappa shape index (κ1) is 11.5. The van der Waals surface area contributed by atoms with Gasteiger partial charge in [-0.3, -0.25) is 0 Å². The van der Waals surface area contributed by atoms with Gasteiger partial charge in [-0.25, -0.2) is 4.98 Å². The van der Waals surface area contributed by atoms with E-state index in [4.69, 9.17) is 23.2 Å². The van der Waals surface area contributed by atoms with Crippen molar-refractivity contribution in [2.24, 2.45) is 0 Å². The number of rotatable bonds is 3. The monoisotopic (exact) mass is 254 g/mol. The Labute approximate surface area is 105 Å². The van der Waals surface area contributed by atoms with Gasteiger partial charge in [0.15, 0.2) is 0 Å². The molecule has 0 aliphatic heterocycles. The van der Waals surface area contributed by atoms with Gasteiger partial charge in [0.25, 0.3) is 0 Å². The third-order valence-electron chi connectivity index (χ3n) is 2.42. The van der Waals surface area contributed by atoms with Crippen LogP contribution in [0.3, 0.4) is 0 Å². The van der Waals surface area contributed by atoms with Crippen molar-refractivity contribution in [2.45, 2.75) is 18.7 Å². The van der Waals surface area contributed by atoms with Gasteiger partial charge in [0.2, 0.25) is 0 Å². The molecule has 4 heteroatoms. The molecule has 84 valence electrons. The van der Waals surface area contributed by atoms with Crippen molar-refractivity contribution in [2.75, 3.05) is 0 Å². The Morgan fingerprint density at radius 2 is 2.25 bits per heavy atom. The second kappa shape index (κ2) is 4.89. The third kappa shape index (κ3) is 2.57. The molecule has 16 heavy (non-hydrogen) atoms. The Morgan fingerprint density at radius 3 is 2.88 bits per heavy atom. The topological polar surface area (TPSA) is 28.7 Å². The Hall–Kier alpha value is -0.990. The van der Waals surface area contributed by atoms with E-state index in [0.29, 0.717) is 11.4 Å². The zero-order chi connectivity index (χ0) is 11.5. The molecule has 1 unspecified atom stereocenters. The van der Waals surface area contributed by atoms with Crippen LogP contribution in [0.25, 0.3) is 0 Å². The van der Waals surface area contributed by atoms with Crippen molar-refractivity contribution in [3.05, 3.63) is 52.6 Å². The molecule has 2 rings (SSSR count). The minimum absolute atomic E-state index is 0.153. The lowest BCUT2D eigenvalue weighted by Gasteiger charge is -2.10. The number of nitrogens with zero attached hydrogens (tertiary/aromatic N) is 1. The fourth-order valence-electron chi connectivity index (χ4n) is 1.58. The summed E-state index contributed by atoms with van der Waals surface area (Å²) in [7, 11) is 0. The lowest BCUT2D eigenvalue weighted by Crippen LogP contribution is -1.98. The van der Waals surface area contributed by atoms with E-state index in [9.17, 15) is 0 Å². The van der Waals surface area contributed by atoms with E-state index in [1.807, 2.05) is 25.1 Å². The molecule has 2 nitrogen and oxygen atoms in total. The van der Waals surface area contributed by atoms with Gasteiger partial charge in [-0.15, -0.1) is 11.6 Å². The van der Waals surface area contributed by atoms with Gasteiger partial charge in [-0.05, 0) is 24.1 Å². The molecule has 0 aliphatic rings. The van der Waals surface area contributed by atoms with E-state index in [2.05, 4.69) is 9.97 Å². The fraction of sp³-hybridized carbons (Fsp3) is 0.250. The highest BCUT2D eigenvalue weighted by Gasteiger charge is 2.13. The van der Waals surface area contributed by atoms with Crippen LogP contribution in [-0.4, -0.2) is 9.97 Å². The maximum Gasteiger partial charge on any atom is 0.107 e. The zero-order valence-electron chi connectivity index (χ0n) is 8.87. The normalized spacial score (nSPS) is 12.7. The maximum absolute atomic E-state index is 6.31. The number of aromatic nitrogens is 2. The molecule has 0 amide bonds. The molecule has 0 spiro atoms. The number of hydrogen-bond acceptors (Lipinski definition) is 1. The van der Waals surface area contributed by atoms with Crippen molar-refractivity contribution in [3.63, 3.8) is 0 Å². The molecule has 1 aromatic carbocycles. The van der Waals surface area contributed by atoms with Crippen LogP contribution in [0.5, 0.6) is 0 Å². The Morgan fingerprint density at radius 1 is 1.44 bits per heavy atom. The quantitative estimate of drug-likeness (QED) is 0.828. The van der Waals surface area contributed by atoms with Crippen LogP contribution >= 0.6 is 23.2 Å². The van der Waals surface area contributed by atoms with Crippen LogP contribution in [0.4, 0.5) is 0 Å². The third-order valence-corrected chi connectivity index (χ3v) is 3.14. The number of imidazole rings is 1. The Kier molecular flexibility index (Phi) is 3.52. The summed E-state index contributed by atoms with van der Waals surface area (Å²) in [6.07, 6.45) is 4.16. The SMILES string of the molecule is Cc1ccc(C(Cl)Cc2ncc[nH]2)c(Cl)c1. The molecule has 1 aromatic heterocycles. The molecule has 1 atom stereocenters. The summed E-state index contributed by atoms with van der Waals surface area (Å²) in [5.74, 6) is 0.872. The lowest BCUT2D eigenvalue weighted by molar-refractivity contribution is 0.855. The summed E-state index contributed by atoms with van der Waals surface area (Å²) in [4.78, 5) is 7.18. The van der Waals surface area contributed by atoms with Crippen molar-refractivity contribution < 1.29 is 0 Å². The molecule has 0 bridgehead atoms. The predicted octanol–water partition coefficient (Wildman–Crippen LogP) is 3.89. The number of alkyl halides is 1. The number of halogens is 2. The first-order valence-corrected chi connectivity index (χ1v) is 5.86. The lowest BCUT2D eigenvalue weighted by atomic mass is 10.1. The number of benzene rings is 1. The highest BCUT2D eigenvalue weighted by molar-refractivity contribution is 6.32. The highest BCUT2D eigenvalue weighted by Crippen LogP contribution is 2.30. The number of H-pyrrole nitrogens is 1. The summed E-state index contributed by atoms with van der Waals surface area (Å²) < 4.78 is 0. The average Bonchev–Trinajstić information content (AvgIpc) is 2.70. The minimum atomic E-state index is -0.153. The van der Waals surface area contributed by atoms with E-state index in [1.165, 1.54) is 0 Å². The van der Waals surface area contributed by atoms with Crippen molar-refractivity contribution in [1.29, 1.82) is 0 Å². The van der Waals surface area contributed by atoms with Crippen LogP contribution < -0.4 is 0 Å². The summed E-state index contributed by atoms with van der Waals surface area (Å²) in [6.45, 7) is 2.01. The summed E-state index contributed by atoms with van der Waals surface area (Å²) in [5, 5.41) is 0.561. The molecule has 0 saturated carbocycles. The van der Waals surface area contributed by atoms with Crippen LogP contribution in [0.2, 0.25) is 5.02 Å². The Bertz CT molecular complexity index is 466. The summed E-state index contributed by atoms with van der Waals surface area (Å²) in [5.41, 5.74) is 2.08. The molecular formula is C12H12Cl2N2. The van der Waals surface area contributed by atoms with Gasteiger partial charge in [-0.1, -0.05) is 23.7 Å². The van der Waals surface area contributed by atoms with Crippen LogP contribution in [-0.2, 0) is 6.42 Å². The van der Waals surface area contributed by atoms with E-state index < -0.39 is 0 Å². The van der Waals surface area contributed by atoms with E-state index in [-0.39, 0.29) is 5.38 Å². The molecule has 1 N–H and O–H groups in total. The van der Waals surface area contributed by atoms with Gasteiger partial charge in [0.05, 0.1) is 5.38 Å². The van der Waals surface area contributed by atoms with Crippen LogP contribution in [0, 0.1) is 6.92 Å². The standard InChI is InChI=1S/C12H12Cl2N2/c1-8-2-3-9(10(13)6-8)11(14)7-12-15-4-5-16-12/h2-6,11H,7H2,1H3,(H,15,16). The zero-order valence-corrected chi connectivity index (χ0v) is 10.4. The average molecular weight is 255 g/mol. The molecule has 1 heterocycles. The smallest absolute Gasteiger partial charge is 0.107 e. The number of nitrogens with one attached hydrogen (secondary N) is 1. The van der Waals surface area contributed by atoms with Crippen molar-refractivity contribution in [3.8, 4) is 0 Å². The highest BCUT2D eigenvalue weighted by atomic mass is 35.5. The second-order valence-corrected chi connectivity index (χ2v) is 4.67. The summed E-state index contributed by atoms with van der Waals surface area (Å²) in [6, 6.07) is 5.91. The van der Waals surface area contributed by atoms with Gasteiger partial charge in [-0.2, -0.15) is 0 Å². The van der Waals surface area contributed by atoms with E-state index >= 15 is 0 Å². The first-order valence-electron chi connectivity index (χ1n) is 5.05. The second-order valence-electron chi connectivity index (χ2n) is 3.73. The van der Waals surface area contributed by atoms with Gasteiger partial charge in [0, 0.05) is 23.8 Å². The van der Waals surface area contributed by atoms with Gasteiger partial charge in [0.1, 0.15) is 5.82 Å². The fourth-order valence-corrected chi connectivity index (χ4v) is 2.33. The van der Waals surface area contributed by atoms with Crippen LogP contribution in [0.15, 0.2) is 30.6 Å². The molecule has 0 saturated heterocycles. The molecule has 0 radical (unpaired) electrons.